The number of benzene rings is 2. The van der Waals surface area contributed by atoms with Crippen molar-refractivity contribution in [3.8, 4) is 5.75 Å². The molecule has 1 aliphatic rings. The lowest BCUT2D eigenvalue weighted by molar-refractivity contribution is -0.185. The molecule has 3 rings (SSSR count). The quantitative estimate of drug-likeness (QED) is 0.313. The molecule has 0 saturated heterocycles. The summed E-state index contributed by atoms with van der Waals surface area (Å²) in [6.45, 7) is 7.11. The summed E-state index contributed by atoms with van der Waals surface area (Å²) in [4.78, 5) is 22.3. The second-order valence-corrected chi connectivity index (χ2v) is 8.25. The van der Waals surface area contributed by atoms with Crippen molar-refractivity contribution in [1.82, 2.24) is 0 Å². The Labute approximate surface area is 198 Å². The number of hydrogen-bond acceptors (Lipinski definition) is 5. The van der Waals surface area contributed by atoms with Crippen molar-refractivity contribution >= 4 is 11.9 Å². The van der Waals surface area contributed by atoms with Gasteiger partial charge in [-0.15, -0.1) is 0 Å². The van der Waals surface area contributed by atoms with Crippen molar-refractivity contribution in [2.75, 3.05) is 6.61 Å². The Morgan fingerprint density at radius 1 is 0.882 bits per heavy atom. The molecule has 0 spiro atoms. The van der Waals surface area contributed by atoms with Crippen LogP contribution >= 0.6 is 0 Å². The van der Waals surface area contributed by atoms with Gasteiger partial charge in [0.15, 0.2) is 0 Å². The van der Waals surface area contributed by atoms with E-state index in [1.165, 1.54) is 24.3 Å². The van der Waals surface area contributed by atoms with E-state index in [0.29, 0.717) is 18.1 Å². The predicted octanol–water partition coefficient (Wildman–Crippen LogP) is 6.05. The van der Waals surface area contributed by atoms with Gasteiger partial charge in [-0.25, -0.2) is 9.59 Å². The monoisotopic (exact) mass is 470 g/mol. The molecule has 0 amide bonds. The maximum Gasteiger partial charge on any atom is 0.426 e. The predicted molar refractivity (Wildman–Crippen MR) is 123 cm³/mol. The Balaban J connectivity index is 1.53. The van der Waals surface area contributed by atoms with Gasteiger partial charge in [0.05, 0.1) is 12.2 Å². The smallest absolute Gasteiger partial charge is 0.426 e. The second kappa shape index (κ2) is 11.6. The first-order valence-corrected chi connectivity index (χ1v) is 11.2. The van der Waals surface area contributed by atoms with Crippen LogP contribution in [-0.4, -0.2) is 18.5 Å². The van der Waals surface area contributed by atoms with Gasteiger partial charge in [-0.2, -0.15) is 8.78 Å². The fourth-order valence-electron chi connectivity index (χ4n) is 3.94. The Morgan fingerprint density at radius 3 is 2.06 bits per heavy atom. The molecule has 0 unspecified atom stereocenters. The summed E-state index contributed by atoms with van der Waals surface area (Å²) in [5.74, 6) is -0.359. The van der Waals surface area contributed by atoms with Crippen molar-refractivity contribution in [2.24, 2.45) is 5.92 Å². The molecule has 5 nitrogen and oxygen atoms in total. The van der Waals surface area contributed by atoms with E-state index in [9.17, 15) is 18.4 Å². The van der Waals surface area contributed by atoms with Crippen LogP contribution in [-0.2, 0) is 31.8 Å². The summed E-state index contributed by atoms with van der Waals surface area (Å²) in [6.07, 6.45) is 2.37. The van der Waals surface area contributed by atoms with E-state index in [1.807, 2.05) is 0 Å². The first-order valence-electron chi connectivity index (χ1n) is 11.2. The van der Waals surface area contributed by atoms with E-state index in [-0.39, 0.29) is 23.8 Å². The molecular formula is C27H28F2O5. The SMILES string of the molecule is C=CC(=O)OCc1ccc(OC(F)(F)c2ccc(C3CCC(COC(=O)C=C)CC3)cc2)cc1. The Bertz CT molecular complexity index is 991. The third-order valence-electron chi connectivity index (χ3n) is 5.91. The summed E-state index contributed by atoms with van der Waals surface area (Å²) >= 11 is 0. The maximum absolute atomic E-state index is 14.7. The molecule has 2 aromatic carbocycles. The van der Waals surface area contributed by atoms with Crippen LogP contribution in [0.3, 0.4) is 0 Å². The van der Waals surface area contributed by atoms with Gasteiger partial charge in [-0.05, 0) is 72.9 Å². The van der Waals surface area contributed by atoms with Gasteiger partial charge in [0.1, 0.15) is 12.4 Å². The number of carbonyl (C=O) groups is 2. The van der Waals surface area contributed by atoms with Gasteiger partial charge in [0, 0.05) is 12.2 Å². The van der Waals surface area contributed by atoms with Crippen molar-refractivity contribution < 1.29 is 32.6 Å². The normalized spacial score (nSPS) is 17.9. The van der Waals surface area contributed by atoms with E-state index in [2.05, 4.69) is 13.2 Å². The minimum atomic E-state index is -3.50. The molecule has 0 bridgehead atoms. The van der Waals surface area contributed by atoms with Gasteiger partial charge >= 0.3 is 18.0 Å². The lowest BCUT2D eigenvalue weighted by atomic mass is 9.79. The average molecular weight is 471 g/mol. The third-order valence-corrected chi connectivity index (χ3v) is 5.91. The molecule has 0 aliphatic heterocycles. The van der Waals surface area contributed by atoms with Gasteiger partial charge in [-0.3, -0.25) is 0 Å². The third kappa shape index (κ3) is 7.01. The molecule has 34 heavy (non-hydrogen) atoms. The van der Waals surface area contributed by atoms with Gasteiger partial charge in [0.25, 0.3) is 0 Å². The number of alkyl halides is 2. The molecule has 7 heteroatoms. The van der Waals surface area contributed by atoms with Crippen LogP contribution in [0.2, 0.25) is 0 Å². The van der Waals surface area contributed by atoms with Gasteiger partial charge in [0.2, 0.25) is 0 Å². The highest BCUT2D eigenvalue weighted by molar-refractivity contribution is 5.81. The zero-order chi connectivity index (χ0) is 24.6. The fraction of sp³-hybridized carbons (Fsp3) is 0.333. The number of esters is 2. The summed E-state index contributed by atoms with van der Waals surface area (Å²) in [6, 6.07) is 12.2. The number of halogens is 2. The molecule has 0 atom stereocenters. The number of carbonyl (C=O) groups excluding carboxylic acids is 2. The molecule has 1 fully saturated rings. The van der Waals surface area contributed by atoms with E-state index in [4.69, 9.17) is 14.2 Å². The van der Waals surface area contributed by atoms with E-state index < -0.39 is 18.0 Å². The Morgan fingerprint density at radius 2 is 1.47 bits per heavy atom. The van der Waals surface area contributed by atoms with Crippen molar-refractivity contribution in [3.63, 3.8) is 0 Å². The minimum absolute atomic E-state index is 0.00310. The lowest BCUT2D eigenvalue weighted by Crippen LogP contribution is -2.22. The largest absolute Gasteiger partial charge is 0.462 e. The molecule has 1 saturated carbocycles. The maximum atomic E-state index is 14.7. The minimum Gasteiger partial charge on any atom is -0.462 e. The van der Waals surface area contributed by atoms with Crippen LogP contribution in [0.15, 0.2) is 73.8 Å². The van der Waals surface area contributed by atoms with Crippen LogP contribution in [0.5, 0.6) is 5.75 Å². The molecule has 0 N–H and O–H groups in total. The zero-order valence-electron chi connectivity index (χ0n) is 18.9. The molecular weight excluding hydrogens is 442 g/mol. The van der Waals surface area contributed by atoms with Crippen molar-refractivity contribution in [3.05, 3.63) is 90.5 Å². The van der Waals surface area contributed by atoms with Crippen molar-refractivity contribution in [1.29, 1.82) is 0 Å². The standard InChI is InChI=1S/C27H28F2O5/c1-3-25(30)32-17-19-5-9-21(10-6-19)22-11-13-23(14-12-22)27(28,29)34-24-15-7-20(8-16-24)18-33-26(31)4-2/h3-4,7-8,11-16,19,21H,1-2,5-6,9-10,17-18H2. The molecule has 0 heterocycles. The number of ether oxygens (including phenoxy) is 3. The molecule has 180 valence electrons. The van der Waals surface area contributed by atoms with E-state index in [1.54, 1.807) is 24.3 Å². The zero-order valence-corrected chi connectivity index (χ0v) is 18.9. The number of hydrogen-bond donors (Lipinski definition) is 0. The Kier molecular flexibility index (Phi) is 8.57. The van der Waals surface area contributed by atoms with Gasteiger partial charge in [-0.1, -0.05) is 37.4 Å². The average Bonchev–Trinajstić information content (AvgIpc) is 2.86. The van der Waals surface area contributed by atoms with Crippen LogP contribution in [0, 0.1) is 5.92 Å². The van der Waals surface area contributed by atoms with E-state index >= 15 is 0 Å². The fourth-order valence-corrected chi connectivity index (χ4v) is 3.94. The van der Waals surface area contributed by atoms with Crippen LogP contribution in [0.25, 0.3) is 0 Å². The summed E-state index contributed by atoms with van der Waals surface area (Å²) in [5.41, 5.74) is 1.42. The van der Waals surface area contributed by atoms with Crippen LogP contribution in [0.1, 0.15) is 48.3 Å². The topological polar surface area (TPSA) is 61.8 Å². The highest BCUT2D eigenvalue weighted by atomic mass is 19.3. The molecule has 0 aromatic heterocycles. The highest BCUT2D eigenvalue weighted by Gasteiger charge is 2.35. The lowest BCUT2D eigenvalue weighted by Gasteiger charge is -2.28. The molecule has 2 aromatic rings. The first-order chi connectivity index (χ1) is 16.3. The number of rotatable bonds is 10. The second-order valence-electron chi connectivity index (χ2n) is 8.25. The summed E-state index contributed by atoms with van der Waals surface area (Å²) < 4.78 is 44.4. The molecule has 1 aliphatic carbocycles. The van der Waals surface area contributed by atoms with Gasteiger partial charge < -0.3 is 14.2 Å². The molecule has 0 radical (unpaired) electrons. The first kappa shape index (κ1) is 25.1. The summed E-state index contributed by atoms with van der Waals surface area (Å²) in [5, 5.41) is 0. The van der Waals surface area contributed by atoms with E-state index in [0.717, 1.165) is 43.4 Å². The van der Waals surface area contributed by atoms with Crippen LogP contribution in [0.4, 0.5) is 8.78 Å². The highest BCUT2D eigenvalue weighted by Crippen LogP contribution is 2.37. The Hall–Kier alpha value is -3.48. The van der Waals surface area contributed by atoms with Crippen LogP contribution < -0.4 is 4.74 Å². The summed E-state index contributed by atoms with van der Waals surface area (Å²) in [7, 11) is 0. The van der Waals surface area contributed by atoms with Crippen molar-refractivity contribution in [2.45, 2.75) is 44.3 Å².